The van der Waals surface area contributed by atoms with Crippen molar-refractivity contribution >= 4 is 39.1 Å². The Morgan fingerprint density at radius 2 is 1.89 bits per heavy atom. The molecule has 1 aromatic heterocycles. The van der Waals surface area contributed by atoms with Crippen LogP contribution in [0.5, 0.6) is 0 Å². The summed E-state index contributed by atoms with van der Waals surface area (Å²) in [5.41, 5.74) is 2.04. The van der Waals surface area contributed by atoms with Gasteiger partial charge in [-0.2, -0.15) is 5.10 Å². The third-order valence-electron chi connectivity index (χ3n) is 3.51. The second kappa shape index (κ2) is 7.87. The van der Waals surface area contributed by atoms with Gasteiger partial charge in [0.25, 0.3) is 0 Å². The number of rotatable bonds is 8. The van der Waals surface area contributed by atoms with Gasteiger partial charge >= 0.3 is 0 Å². The first-order valence-corrected chi connectivity index (χ1v) is 8.54. The largest absolute Gasteiger partial charge is 0.303 e. The summed E-state index contributed by atoms with van der Waals surface area (Å²) in [5, 5.41) is 8.09. The average molecular weight is 371 g/mol. The Morgan fingerprint density at radius 3 is 2.32 bits per heavy atom. The van der Waals surface area contributed by atoms with Crippen molar-refractivity contribution in [3.63, 3.8) is 0 Å². The van der Waals surface area contributed by atoms with Crippen LogP contribution < -0.4 is 5.32 Å². The number of alkyl halides is 2. The van der Waals surface area contributed by atoms with Crippen molar-refractivity contribution in [2.45, 2.75) is 52.2 Å². The second-order valence-corrected chi connectivity index (χ2v) is 5.96. The predicted molar refractivity (Wildman–Crippen MR) is 86.3 cm³/mol. The zero-order valence-corrected chi connectivity index (χ0v) is 14.9. The highest BCUT2D eigenvalue weighted by Crippen LogP contribution is 2.24. The molecule has 1 aromatic rings. The molecule has 0 aliphatic heterocycles. The van der Waals surface area contributed by atoms with E-state index in [4.69, 9.17) is 23.2 Å². The van der Waals surface area contributed by atoms with Crippen LogP contribution in [0.2, 0.25) is 0 Å². The minimum atomic E-state index is -0.211. The molecule has 0 unspecified atom stereocenters. The van der Waals surface area contributed by atoms with E-state index < -0.39 is 0 Å². The van der Waals surface area contributed by atoms with E-state index in [1.54, 1.807) is 0 Å². The van der Waals surface area contributed by atoms with E-state index in [2.05, 4.69) is 47.1 Å². The Balaban J connectivity index is 2.90. The van der Waals surface area contributed by atoms with Crippen LogP contribution in [0.3, 0.4) is 0 Å². The molecule has 1 rings (SSSR count). The second-order valence-electron chi connectivity index (χ2n) is 4.63. The third kappa shape index (κ3) is 3.87. The van der Waals surface area contributed by atoms with Crippen LogP contribution >= 0.6 is 39.1 Å². The molecule has 1 heterocycles. The normalized spacial score (nSPS) is 12.1. The Labute approximate surface area is 134 Å². The highest BCUT2D eigenvalue weighted by atomic mass is 79.9. The van der Waals surface area contributed by atoms with Crippen molar-refractivity contribution in [3.05, 3.63) is 15.9 Å². The Kier molecular flexibility index (Phi) is 7.15. The van der Waals surface area contributed by atoms with Gasteiger partial charge in [-0.25, -0.2) is 0 Å². The molecule has 0 fully saturated rings. The van der Waals surface area contributed by atoms with Crippen molar-refractivity contribution in [2.75, 3.05) is 11.8 Å². The average Bonchev–Trinajstić information content (AvgIpc) is 2.77. The number of nitrogens with zero attached hydrogens (tertiary/aromatic N) is 2. The molecule has 0 atom stereocenters. The molecule has 0 saturated heterocycles. The van der Waals surface area contributed by atoms with Crippen LogP contribution in [0.4, 0.5) is 0 Å². The molecule has 1 N–H and O–H groups in total. The summed E-state index contributed by atoms with van der Waals surface area (Å²) in [6.07, 6.45) is 1.82. The lowest BCUT2D eigenvalue weighted by Crippen LogP contribution is -2.48. The first-order chi connectivity index (χ1) is 9.07. The van der Waals surface area contributed by atoms with Gasteiger partial charge < -0.3 is 5.32 Å². The van der Waals surface area contributed by atoms with E-state index in [9.17, 15) is 0 Å². The molecule has 0 saturated carbocycles. The molecule has 110 valence electrons. The van der Waals surface area contributed by atoms with Crippen molar-refractivity contribution in [1.29, 1.82) is 0 Å². The molecule has 0 aromatic carbocycles. The molecule has 6 heteroatoms. The summed E-state index contributed by atoms with van der Waals surface area (Å²) >= 11 is 15.8. The summed E-state index contributed by atoms with van der Waals surface area (Å²) in [6.45, 7) is 7.88. The van der Waals surface area contributed by atoms with E-state index in [-0.39, 0.29) is 5.54 Å². The van der Waals surface area contributed by atoms with Crippen molar-refractivity contribution in [1.82, 2.24) is 15.1 Å². The monoisotopic (exact) mass is 369 g/mol. The van der Waals surface area contributed by atoms with Crippen LogP contribution in [0, 0.1) is 0 Å². The highest BCUT2D eigenvalue weighted by molar-refractivity contribution is 9.10. The van der Waals surface area contributed by atoms with Crippen LogP contribution in [0.15, 0.2) is 4.47 Å². The number of aromatic nitrogens is 2. The van der Waals surface area contributed by atoms with Crippen LogP contribution in [-0.4, -0.2) is 27.1 Å². The van der Waals surface area contributed by atoms with Gasteiger partial charge in [0, 0.05) is 30.4 Å². The van der Waals surface area contributed by atoms with E-state index in [0.717, 1.165) is 35.2 Å². The lowest BCUT2D eigenvalue weighted by molar-refractivity contribution is 0.376. The molecular weight excluding hydrogens is 349 g/mol. The van der Waals surface area contributed by atoms with Gasteiger partial charge in [0.15, 0.2) is 0 Å². The van der Waals surface area contributed by atoms with Gasteiger partial charge in [-0.1, -0.05) is 13.8 Å². The maximum absolute atomic E-state index is 6.06. The minimum absolute atomic E-state index is 0.211. The smallest absolute Gasteiger partial charge is 0.0767 e. The highest BCUT2D eigenvalue weighted by Gasteiger charge is 2.26. The lowest BCUT2D eigenvalue weighted by atomic mass is 10.0. The number of nitrogens with one attached hydrogen (secondary N) is 1. The topological polar surface area (TPSA) is 29.9 Å². The first kappa shape index (κ1) is 17.3. The fourth-order valence-corrected chi connectivity index (χ4v) is 3.46. The van der Waals surface area contributed by atoms with Crippen molar-refractivity contribution < 1.29 is 0 Å². The molecule has 19 heavy (non-hydrogen) atoms. The Bertz CT molecular complexity index is 395. The summed E-state index contributed by atoms with van der Waals surface area (Å²) in [7, 11) is 0. The van der Waals surface area contributed by atoms with Crippen LogP contribution in [0.25, 0.3) is 0 Å². The number of aryl methyl sites for hydroxylation is 2. The molecule has 3 nitrogen and oxygen atoms in total. The lowest BCUT2D eigenvalue weighted by Gasteiger charge is -2.29. The van der Waals surface area contributed by atoms with E-state index >= 15 is 0 Å². The van der Waals surface area contributed by atoms with E-state index in [1.807, 2.05) is 4.68 Å². The van der Waals surface area contributed by atoms with E-state index in [1.165, 1.54) is 0 Å². The quantitative estimate of drug-likeness (QED) is 0.702. The Hall–Kier alpha value is 0.230. The first-order valence-electron chi connectivity index (χ1n) is 6.68. The molecule has 0 bridgehead atoms. The van der Waals surface area contributed by atoms with Gasteiger partial charge in [-0.3, -0.25) is 4.68 Å². The summed E-state index contributed by atoms with van der Waals surface area (Å²) in [4.78, 5) is 0. The summed E-state index contributed by atoms with van der Waals surface area (Å²) < 4.78 is 3.12. The summed E-state index contributed by atoms with van der Waals surface area (Å²) in [5.74, 6) is 1.01. The molecular formula is C13H22BrCl2N3. The molecule has 0 radical (unpaired) electrons. The fourth-order valence-electron chi connectivity index (χ4n) is 1.90. The SMILES string of the molecule is CCc1nn(CC)c(CNC(CC)(CCl)CCl)c1Br. The van der Waals surface area contributed by atoms with Crippen LogP contribution in [-0.2, 0) is 19.5 Å². The minimum Gasteiger partial charge on any atom is -0.303 e. The van der Waals surface area contributed by atoms with Gasteiger partial charge in [0.1, 0.15) is 0 Å². The third-order valence-corrected chi connectivity index (χ3v) is 5.45. The van der Waals surface area contributed by atoms with Crippen LogP contribution in [0.1, 0.15) is 38.6 Å². The molecule has 0 aliphatic rings. The standard InChI is InChI=1S/C13H22BrCl2N3/c1-4-10-12(14)11(19(6-3)18-10)7-17-13(5-2,8-15)9-16/h17H,4-9H2,1-3H3. The molecule has 0 aliphatic carbocycles. The maximum atomic E-state index is 6.06. The predicted octanol–water partition coefficient (Wildman–Crippen LogP) is 3.94. The van der Waals surface area contributed by atoms with Gasteiger partial charge in [-0.15, -0.1) is 23.2 Å². The zero-order chi connectivity index (χ0) is 14.5. The maximum Gasteiger partial charge on any atom is 0.0767 e. The fraction of sp³-hybridized carbons (Fsp3) is 0.769. The summed E-state index contributed by atoms with van der Waals surface area (Å²) in [6, 6.07) is 0. The van der Waals surface area contributed by atoms with Gasteiger partial charge in [0.05, 0.1) is 15.9 Å². The van der Waals surface area contributed by atoms with E-state index in [0.29, 0.717) is 18.3 Å². The molecule has 0 amide bonds. The van der Waals surface area contributed by atoms with Crippen molar-refractivity contribution in [2.24, 2.45) is 0 Å². The number of hydrogen-bond acceptors (Lipinski definition) is 2. The van der Waals surface area contributed by atoms with Crippen molar-refractivity contribution in [3.8, 4) is 0 Å². The zero-order valence-electron chi connectivity index (χ0n) is 11.8. The number of hydrogen-bond donors (Lipinski definition) is 1. The number of halogens is 3. The molecule has 0 spiro atoms. The van der Waals surface area contributed by atoms with Gasteiger partial charge in [0.2, 0.25) is 0 Å². The van der Waals surface area contributed by atoms with Gasteiger partial charge in [-0.05, 0) is 35.7 Å². The Morgan fingerprint density at radius 1 is 1.26 bits per heavy atom.